The van der Waals surface area contributed by atoms with Gasteiger partial charge in [0, 0.05) is 35.3 Å². The van der Waals surface area contributed by atoms with Gasteiger partial charge in [-0.25, -0.2) is 0 Å². The number of carbonyl (C=O) groups is 3. The molecule has 0 unspecified atom stereocenters. The second-order valence-corrected chi connectivity index (χ2v) is 14.4. The van der Waals surface area contributed by atoms with Crippen LogP contribution < -0.4 is 10.6 Å². The number of hydrogen-bond acceptors (Lipinski definition) is 7. The van der Waals surface area contributed by atoms with Crippen LogP contribution in [-0.2, 0) is 25.5 Å². The Morgan fingerprint density at radius 1 is 1.24 bits per heavy atom. The lowest BCUT2D eigenvalue weighted by atomic mass is 9.67. The number of thiophene rings is 1. The fourth-order valence-corrected chi connectivity index (χ4v) is 7.29. The van der Waals surface area contributed by atoms with E-state index in [0.29, 0.717) is 18.4 Å². The van der Waals surface area contributed by atoms with Crippen molar-refractivity contribution in [3.8, 4) is 18.4 Å². The first-order valence-electron chi connectivity index (χ1n) is 15.1. The van der Waals surface area contributed by atoms with Crippen LogP contribution in [-0.4, -0.2) is 64.1 Å². The zero-order chi connectivity index (χ0) is 33.7. The first-order chi connectivity index (χ1) is 21.5. The molecule has 3 heterocycles. The minimum Gasteiger partial charge on any atom is -0.370 e. The number of terminal acetylenes is 1. The van der Waals surface area contributed by atoms with Crippen LogP contribution in [0.4, 0.5) is 13.2 Å². The van der Waals surface area contributed by atoms with Crippen LogP contribution in [0.5, 0.6) is 0 Å². The first-order valence-corrected chi connectivity index (χ1v) is 16.0. The topological polar surface area (TPSA) is 124 Å². The molecule has 3 fully saturated rings. The summed E-state index contributed by atoms with van der Waals surface area (Å²) in [6.07, 6.45) is 7.56. The third-order valence-electron chi connectivity index (χ3n) is 9.75. The Morgan fingerprint density at radius 2 is 1.93 bits per heavy atom. The highest BCUT2D eigenvalue weighted by Crippen LogP contribution is 2.63. The molecule has 0 aromatic carbocycles. The molecule has 0 radical (unpaired) electrons. The standard InChI is InChI=1S/C33H36F3N5O4S/c1-6-20-17-46-24-16-38-15-21(25(20)24)7-8-22(14-37)39-27(42)23-13-30(3,4)32(11-12-32)18-41(23)28(43)26(40-29(44)33(34,35)36)19(2)45-31(5)9-10-31/h1,8,15-17,19,23,26H,7,9-13,18H2,2-5H3,(H,39,42)(H,40,44)/b22-8+/t19-,23+,26+/m1/s1. The highest BCUT2D eigenvalue weighted by atomic mass is 32.1. The number of nitriles is 1. The molecule has 2 N–H and O–H groups in total. The van der Waals surface area contributed by atoms with Gasteiger partial charge >= 0.3 is 12.1 Å². The summed E-state index contributed by atoms with van der Waals surface area (Å²) in [5.74, 6) is -1.10. The molecule has 2 aromatic rings. The number of likely N-dealkylation sites (tertiary alicyclic amines) is 1. The third-order valence-corrected chi connectivity index (χ3v) is 10.7. The minimum absolute atomic E-state index is 0.0586. The van der Waals surface area contributed by atoms with Crippen molar-refractivity contribution in [1.29, 1.82) is 5.26 Å². The third kappa shape index (κ3) is 6.62. The van der Waals surface area contributed by atoms with Crippen molar-refractivity contribution in [2.75, 3.05) is 6.54 Å². The quantitative estimate of drug-likeness (QED) is 0.297. The van der Waals surface area contributed by atoms with Gasteiger partial charge in [-0.2, -0.15) is 18.4 Å². The molecule has 0 bridgehead atoms. The summed E-state index contributed by atoms with van der Waals surface area (Å²) in [6.45, 7) is 7.36. The zero-order valence-corrected chi connectivity index (χ0v) is 26.9. The van der Waals surface area contributed by atoms with Gasteiger partial charge in [-0.15, -0.1) is 17.8 Å². The Hall–Kier alpha value is -3.94. The average Bonchev–Trinajstić information content (AvgIpc) is 3.90. The number of carbonyl (C=O) groups excluding carboxylic acids is 3. The van der Waals surface area contributed by atoms with Gasteiger partial charge in [0.15, 0.2) is 0 Å². The number of halogens is 3. The number of rotatable bonds is 9. The van der Waals surface area contributed by atoms with E-state index < -0.39 is 47.7 Å². The molecule has 1 aliphatic heterocycles. The van der Waals surface area contributed by atoms with Crippen LogP contribution in [0.2, 0.25) is 0 Å². The van der Waals surface area contributed by atoms with Crippen LogP contribution in [0, 0.1) is 34.5 Å². The molecule has 9 nitrogen and oxygen atoms in total. The molecule has 244 valence electrons. The number of alkyl halides is 3. The number of fused-ring (bicyclic) bond motifs is 1. The van der Waals surface area contributed by atoms with Crippen molar-refractivity contribution in [2.24, 2.45) is 10.8 Å². The van der Waals surface area contributed by atoms with E-state index in [-0.39, 0.29) is 35.9 Å². The summed E-state index contributed by atoms with van der Waals surface area (Å²) in [4.78, 5) is 45.6. The first kappa shape index (κ1) is 33.4. The number of nitrogens with zero attached hydrogens (tertiary/aromatic N) is 3. The molecular formula is C33H36F3N5O4S. The summed E-state index contributed by atoms with van der Waals surface area (Å²) >= 11 is 1.45. The van der Waals surface area contributed by atoms with Crippen molar-refractivity contribution in [3.05, 3.63) is 40.7 Å². The SMILES string of the molecule is C#Cc1csc2cncc(C/C=C(\C#N)NC(=O)[C@@H]3CC(C)(C)C4(CC4)CN3C(=O)[C@@H](NC(=O)C(F)(F)F)[C@@H](C)OC3(C)CC3)c12. The van der Waals surface area contributed by atoms with E-state index in [4.69, 9.17) is 11.2 Å². The summed E-state index contributed by atoms with van der Waals surface area (Å²) < 4.78 is 46.9. The molecule has 1 saturated heterocycles. The fourth-order valence-electron chi connectivity index (χ4n) is 6.38. The average molecular weight is 656 g/mol. The molecule has 2 saturated carbocycles. The van der Waals surface area contributed by atoms with E-state index >= 15 is 0 Å². The van der Waals surface area contributed by atoms with E-state index in [1.165, 1.54) is 29.2 Å². The Morgan fingerprint density at radius 3 is 2.52 bits per heavy atom. The molecule has 2 aliphatic carbocycles. The maximum Gasteiger partial charge on any atom is 0.471 e. The van der Waals surface area contributed by atoms with Crippen molar-refractivity contribution in [1.82, 2.24) is 20.5 Å². The smallest absolute Gasteiger partial charge is 0.370 e. The number of hydrogen-bond donors (Lipinski definition) is 2. The van der Waals surface area contributed by atoms with Gasteiger partial charge in [-0.3, -0.25) is 19.4 Å². The van der Waals surface area contributed by atoms with Crippen molar-refractivity contribution in [2.45, 2.75) is 96.2 Å². The van der Waals surface area contributed by atoms with Crippen molar-refractivity contribution in [3.63, 3.8) is 0 Å². The predicted molar refractivity (Wildman–Crippen MR) is 165 cm³/mol. The highest BCUT2D eigenvalue weighted by Gasteiger charge is 2.61. The number of aromatic nitrogens is 1. The summed E-state index contributed by atoms with van der Waals surface area (Å²) in [6, 6.07) is -0.814. The molecular weight excluding hydrogens is 619 g/mol. The number of ether oxygens (including phenoxy) is 1. The molecule has 3 aliphatic rings. The second kappa shape index (κ2) is 12.0. The van der Waals surface area contributed by atoms with E-state index in [1.807, 2.05) is 30.6 Å². The van der Waals surface area contributed by atoms with Gasteiger partial charge in [0.1, 0.15) is 23.8 Å². The van der Waals surface area contributed by atoms with Gasteiger partial charge < -0.3 is 20.3 Å². The van der Waals surface area contributed by atoms with Gasteiger partial charge in [-0.05, 0) is 74.8 Å². The van der Waals surface area contributed by atoms with Gasteiger partial charge in [0.25, 0.3) is 0 Å². The monoisotopic (exact) mass is 655 g/mol. The molecule has 2 aromatic heterocycles. The fraction of sp³-hybridized carbons (Fsp3) is 0.545. The molecule has 13 heteroatoms. The molecule has 3 atom stereocenters. The zero-order valence-electron chi connectivity index (χ0n) is 26.1. The highest BCUT2D eigenvalue weighted by molar-refractivity contribution is 7.17. The van der Waals surface area contributed by atoms with Crippen LogP contribution in [0.25, 0.3) is 10.1 Å². The molecule has 5 rings (SSSR count). The maximum atomic E-state index is 14.2. The van der Waals surface area contributed by atoms with Crippen LogP contribution >= 0.6 is 11.3 Å². The lowest BCUT2D eigenvalue weighted by molar-refractivity contribution is -0.177. The number of piperidine rings is 1. The molecule has 3 amide bonds. The van der Waals surface area contributed by atoms with Gasteiger partial charge in [0.2, 0.25) is 11.8 Å². The summed E-state index contributed by atoms with van der Waals surface area (Å²) in [7, 11) is 0. The number of allylic oxidation sites excluding steroid dienone is 2. The van der Waals surface area contributed by atoms with E-state index in [2.05, 4.69) is 16.2 Å². The van der Waals surface area contributed by atoms with Crippen LogP contribution in [0.3, 0.4) is 0 Å². The lowest BCUT2D eigenvalue weighted by Crippen LogP contribution is -2.65. The Balaban J connectivity index is 1.41. The van der Waals surface area contributed by atoms with Gasteiger partial charge in [-0.1, -0.05) is 19.8 Å². The Labute approximate surface area is 269 Å². The summed E-state index contributed by atoms with van der Waals surface area (Å²) in [5.41, 5.74) is 0.0951. The molecule has 46 heavy (non-hydrogen) atoms. The lowest BCUT2D eigenvalue weighted by Gasteiger charge is -2.49. The van der Waals surface area contributed by atoms with Crippen molar-refractivity contribution < 1.29 is 32.3 Å². The largest absolute Gasteiger partial charge is 0.471 e. The van der Waals surface area contributed by atoms with Crippen LogP contribution in [0.1, 0.15) is 70.9 Å². The minimum atomic E-state index is -5.23. The maximum absolute atomic E-state index is 14.2. The second-order valence-electron chi connectivity index (χ2n) is 13.5. The van der Waals surface area contributed by atoms with E-state index in [0.717, 1.165) is 28.5 Å². The van der Waals surface area contributed by atoms with Crippen molar-refractivity contribution >= 4 is 39.1 Å². The van der Waals surface area contributed by atoms with Gasteiger partial charge in [0.05, 0.1) is 16.4 Å². The number of nitrogens with one attached hydrogen (secondary N) is 2. The molecule has 1 spiro atoms. The van der Waals surface area contributed by atoms with Crippen LogP contribution in [0.15, 0.2) is 29.5 Å². The Kier molecular flexibility index (Phi) is 8.73. The number of pyridine rings is 1. The Bertz CT molecular complexity index is 1680. The number of amides is 3. The van der Waals surface area contributed by atoms with E-state index in [1.54, 1.807) is 19.3 Å². The predicted octanol–water partition coefficient (Wildman–Crippen LogP) is 4.76. The van der Waals surface area contributed by atoms with E-state index in [9.17, 15) is 32.8 Å². The summed E-state index contributed by atoms with van der Waals surface area (Å²) in [5, 5.41) is 17.1. The normalized spacial score (nSPS) is 22.3.